The molecule has 0 aromatic rings. The Bertz CT molecular complexity index is 244. The van der Waals surface area contributed by atoms with Gasteiger partial charge >= 0.3 is 5.97 Å². The van der Waals surface area contributed by atoms with Crippen LogP contribution in [0.1, 0.15) is 26.7 Å². The molecule has 4 nitrogen and oxygen atoms in total. The highest BCUT2D eigenvalue weighted by Crippen LogP contribution is 2.29. The Balaban J connectivity index is 2.47. The van der Waals surface area contributed by atoms with Crippen LogP contribution in [0.25, 0.3) is 0 Å². The second-order valence-electron chi connectivity index (χ2n) is 5.26. The van der Waals surface area contributed by atoms with Crippen LogP contribution < -0.4 is 0 Å². The van der Waals surface area contributed by atoms with Gasteiger partial charge in [-0.05, 0) is 32.2 Å². The molecule has 0 saturated carbocycles. The Morgan fingerprint density at radius 1 is 1.62 bits per heavy atom. The fourth-order valence-electron chi connectivity index (χ4n) is 2.45. The van der Waals surface area contributed by atoms with Crippen LogP contribution in [0.2, 0.25) is 0 Å². The van der Waals surface area contributed by atoms with Crippen molar-refractivity contribution in [2.45, 2.75) is 26.7 Å². The first-order valence-electron chi connectivity index (χ1n) is 5.92. The minimum Gasteiger partial charge on any atom is -0.481 e. The largest absolute Gasteiger partial charge is 0.481 e. The van der Waals surface area contributed by atoms with Crippen molar-refractivity contribution in [3.8, 4) is 0 Å². The van der Waals surface area contributed by atoms with Crippen molar-refractivity contribution >= 4 is 5.97 Å². The molecule has 1 aliphatic heterocycles. The molecule has 1 fully saturated rings. The van der Waals surface area contributed by atoms with Crippen LogP contribution in [0, 0.1) is 11.3 Å². The normalized spacial score (nSPS) is 28.9. The maximum Gasteiger partial charge on any atom is 0.310 e. The van der Waals surface area contributed by atoms with E-state index in [1.165, 1.54) is 0 Å². The van der Waals surface area contributed by atoms with E-state index in [1.807, 2.05) is 6.92 Å². The van der Waals surface area contributed by atoms with E-state index in [9.17, 15) is 9.90 Å². The number of carboxylic acids is 1. The second kappa shape index (κ2) is 5.64. The first-order valence-corrected chi connectivity index (χ1v) is 5.92. The third kappa shape index (κ3) is 3.46. The summed E-state index contributed by atoms with van der Waals surface area (Å²) in [7, 11) is 1.70. The molecule has 0 aliphatic carbocycles. The van der Waals surface area contributed by atoms with Crippen molar-refractivity contribution < 1.29 is 14.6 Å². The third-order valence-electron chi connectivity index (χ3n) is 3.31. The highest BCUT2D eigenvalue weighted by molar-refractivity contribution is 5.74. The molecular weight excluding hydrogens is 206 g/mol. The number of nitrogens with zero attached hydrogens (tertiary/aromatic N) is 1. The molecule has 1 heterocycles. The van der Waals surface area contributed by atoms with Gasteiger partial charge in [0.05, 0.1) is 5.41 Å². The van der Waals surface area contributed by atoms with Crippen LogP contribution in [0.15, 0.2) is 0 Å². The van der Waals surface area contributed by atoms with Gasteiger partial charge in [-0.25, -0.2) is 0 Å². The number of rotatable bonds is 5. The molecular formula is C12H23NO3. The van der Waals surface area contributed by atoms with Gasteiger partial charge in [0.2, 0.25) is 0 Å². The molecule has 94 valence electrons. The molecule has 16 heavy (non-hydrogen) atoms. The molecule has 0 bridgehead atoms. The van der Waals surface area contributed by atoms with Crippen LogP contribution >= 0.6 is 0 Å². The summed E-state index contributed by atoms with van der Waals surface area (Å²) in [6.07, 6.45) is 1.76. The van der Waals surface area contributed by atoms with Gasteiger partial charge in [-0.1, -0.05) is 6.92 Å². The Kier molecular flexibility index (Phi) is 4.74. The SMILES string of the molecule is COCC(C)CN1CCCC(C)(C(=O)O)C1. The number of aliphatic carboxylic acids is 1. The van der Waals surface area contributed by atoms with Gasteiger partial charge in [0.25, 0.3) is 0 Å². The molecule has 2 atom stereocenters. The fraction of sp³-hybridized carbons (Fsp3) is 0.917. The lowest BCUT2D eigenvalue weighted by Gasteiger charge is -2.38. The summed E-state index contributed by atoms with van der Waals surface area (Å²) in [5.74, 6) is -0.210. The van der Waals surface area contributed by atoms with Crippen LogP contribution in [0.3, 0.4) is 0 Å². The van der Waals surface area contributed by atoms with E-state index in [0.717, 1.165) is 32.5 Å². The lowest BCUT2D eigenvalue weighted by Crippen LogP contribution is -2.47. The summed E-state index contributed by atoms with van der Waals surface area (Å²) in [6, 6.07) is 0. The molecule has 1 saturated heterocycles. The van der Waals surface area contributed by atoms with E-state index in [4.69, 9.17) is 4.74 Å². The number of methoxy groups -OCH3 is 1. The Morgan fingerprint density at radius 2 is 2.31 bits per heavy atom. The average Bonchev–Trinajstić information content (AvgIpc) is 2.17. The molecule has 1 N–H and O–H groups in total. The van der Waals surface area contributed by atoms with Crippen molar-refractivity contribution in [3.05, 3.63) is 0 Å². The lowest BCUT2D eigenvalue weighted by molar-refractivity contribution is -0.151. The van der Waals surface area contributed by atoms with E-state index in [1.54, 1.807) is 7.11 Å². The van der Waals surface area contributed by atoms with Crippen LogP contribution in [0.4, 0.5) is 0 Å². The van der Waals surface area contributed by atoms with Gasteiger partial charge in [-0.3, -0.25) is 4.79 Å². The smallest absolute Gasteiger partial charge is 0.310 e. The molecule has 0 aromatic heterocycles. The average molecular weight is 229 g/mol. The summed E-state index contributed by atoms with van der Waals surface area (Å²) in [5, 5.41) is 9.20. The number of carbonyl (C=O) groups is 1. The van der Waals surface area contributed by atoms with Gasteiger partial charge in [0, 0.05) is 26.8 Å². The minimum absolute atomic E-state index is 0.459. The molecule has 4 heteroatoms. The monoisotopic (exact) mass is 229 g/mol. The Hall–Kier alpha value is -0.610. The zero-order valence-corrected chi connectivity index (χ0v) is 10.5. The predicted octanol–water partition coefficient (Wildman–Crippen LogP) is 1.46. The number of piperidine rings is 1. The van der Waals surface area contributed by atoms with Gasteiger partial charge in [-0.2, -0.15) is 0 Å². The first-order chi connectivity index (χ1) is 7.48. The van der Waals surface area contributed by atoms with E-state index >= 15 is 0 Å². The quantitative estimate of drug-likeness (QED) is 0.775. The Labute approximate surface area is 97.6 Å². The van der Waals surface area contributed by atoms with Gasteiger partial charge < -0.3 is 14.7 Å². The highest BCUT2D eigenvalue weighted by atomic mass is 16.5. The van der Waals surface area contributed by atoms with E-state index in [0.29, 0.717) is 12.5 Å². The van der Waals surface area contributed by atoms with Crippen molar-refractivity contribution in [1.82, 2.24) is 4.90 Å². The maximum atomic E-state index is 11.2. The van der Waals surface area contributed by atoms with Crippen molar-refractivity contribution in [2.75, 3.05) is 33.4 Å². The van der Waals surface area contributed by atoms with Gasteiger partial charge in [0.15, 0.2) is 0 Å². The summed E-state index contributed by atoms with van der Waals surface area (Å²) < 4.78 is 5.10. The zero-order chi connectivity index (χ0) is 12.2. The lowest BCUT2D eigenvalue weighted by atomic mass is 9.82. The van der Waals surface area contributed by atoms with Crippen LogP contribution in [-0.2, 0) is 9.53 Å². The summed E-state index contributed by atoms with van der Waals surface area (Å²) in [6.45, 7) is 7.32. The number of likely N-dealkylation sites (tertiary alicyclic amines) is 1. The Morgan fingerprint density at radius 3 is 2.88 bits per heavy atom. The summed E-state index contributed by atoms with van der Waals surface area (Å²) >= 11 is 0. The van der Waals surface area contributed by atoms with Gasteiger partial charge in [-0.15, -0.1) is 0 Å². The second-order valence-corrected chi connectivity index (χ2v) is 5.26. The fourth-order valence-corrected chi connectivity index (χ4v) is 2.45. The third-order valence-corrected chi connectivity index (χ3v) is 3.31. The maximum absolute atomic E-state index is 11.2. The topological polar surface area (TPSA) is 49.8 Å². The molecule has 1 aliphatic rings. The highest BCUT2D eigenvalue weighted by Gasteiger charge is 2.37. The minimum atomic E-state index is -0.670. The van der Waals surface area contributed by atoms with Crippen molar-refractivity contribution in [1.29, 1.82) is 0 Å². The van der Waals surface area contributed by atoms with Crippen LogP contribution in [-0.4, -0.2) is 49.3 Å². The molecule has 1 rings (SSSR count). The summed E-state index contributed by atoms with van der Waals surface area (Å²) in [5.41, 5.74) is -0.564. The summed E-state index contributed by atoms with van der Waals surface area (Å²) in [4.78, 5) is 13.4. The van der Waals surface area contributed by atoms with E-state index < -0.39 is 11.4 Å². The molecule has 2 unspecified atom stereocenters. The van der Waals surface area contributed by atoms with Gasteiger partial charge in [0.1, 0.15) is 0 Å². The zero-order valence-electron chi connectivity index (χ0n) is 10.5. The van der Waals surface area contributed by atoms with Crippen LogP contribution in [0.5, 0.6) is 0 Å². The van der Waals surface area contributed by atoms with E-state index in [2.05, 4.69) is 11.8 Å². The number of ether oxygens (including phenoxy) is 1. The predicted molar refractivity (Wildman–Crippen MR) is 62.5 cm³/mol. The van der Waals surface area contributed by atoms with Crippen molar-refractivity contribution in [2.24, 2.45) is 11.3 Å². The molecule has 0 spiro atoms. The standard InChI is InChI=1S/C12H23NO3/c1-10(8-16-3)7-13-6-4-5-12(2,9-13)11(14)15/h10H,4-9H2,1-3H3,(H,14,15). The molecule has 0 aromatic carbocycles. The first kappa shape index (κ1) is 13.5. The van der Waals surface area contributed by atoms with Crippen molar-refractivity contribution in [3.63, 3.8) is 0 Å². The molecule has 0 amide bonds. The van der Waals surface area contributed by atoms with E-state index in [-0.39, 0.29) is 0 Å². The number of hydrogen-bond donors (Lipinski definition) is 1. The molecule has 0 radical (unpaired) electrons. The number of hydrogen-bond acceptors (Lipinski definition) is 3. The number of carboxylic acid groups (broad SMARTS) is 1.